The van der Waals surface area contributed by atoms with Crippen LogP contribution in [0.15, 0.2) is 79.0 Å². The molecule has 132 valence electrons. The number of nitrogens with one attached hydrogen (secondary N) is 3. The Morgan fingerprint density at radius 2 is 1.52 bits per heavy atom. The van der Waals surface area contributed by atoms with Crippen molar-refractivity contribution in [1.29, 1.82) is 0 Å². The zero-order valence-electron chi connectivity index (χ0n) is 15.0. The van der Waals surface area contributed by atoms with Gasteiger partial charge in [0, 0.05) is 47.5 Å². The lowest BCUT2D eigenvalue weighted by molar-refractivity contribution is 0.475. The van der Waals surface area contributed by atoms with Gasteiger partial charge in [0.05, 0.1) is 5.41 Å². The molecule has 2 atom stereocenters. The average Bonchev–Trinajstić information content (AvgIpc) is 3.43. The molecular weight excluding hydrogens is 330 g/mol. The van der Waals surface area contributed by atoms with Crippen molar-refractivity contribution < 1.29 is 0 Å². The Morgan fingerprint density at radius 3 is 2.48 bits per heavy atom. The van der Waals surface area contributed by atoms with Crippen LogP contribution in [-0.4, -0.2) is 18.1 Å². The molecule has 3 aromatic carbocycles. The summed E-state index contributed by atoms with van der Waals surface area (Å²) in [4.78, 5) is 3.52. The Balaban J connectivity index is 1.67. The number of benzene rings is 3. The molecule has 2 unspecified atom stereocenters. The van der Waals surface area contributed by atoms with Crippen LogP contribution in [-0.2, 0) is 5.41 Å². The largest absolute Gasteiger partial charge is 0.384 e. The lowest BCUT2D eigenvalue weighted by atomic mass is 9.65. The standard InChI is InChI=1S/C24H21N3/c1-4-10-21-16(7-1)19(13-25-21)24(15-27-23-12-6-3-9-18(23)24)20-14-26-22-11-5-2-8-17(20)22/h1-13,20,25-27H,14-15H2. The third-order valence-electron chi connectivity index (χ3n) is 6.46. The maximum absolute atomic E-state index is 3.71. The number of hydrogen-bond donors (Lipinski definition) is 3. The summed E-state index contributed by atoms with van der Waals surface area (Å²) < 4.78 is 0. The normalized spacial score (nSPS) is 22.9. The molecule has 3 heteroatoms. The second kappa shape index (κ2) is 5.40. The van der Waals surface area contributed by atoms with Gasteiger partial charge in [-0.15, -0.1) is 0 Å². The van der Waals surface area contributed by atoms with Crippen molar-refractivity contribution in [2.24, 2.45) is 0 Å². The van der Waals surface area contributed by atoms with Crippen LogP contribution < -0.4 is 10.6 Å². The van der Waals surface area contributed by atoms with Gasteiger partial charge in [-0.1, -0.05) is 54.6 Å². The van der Waals surface area contributed by atoms with Crippen LogP contribution in [0.1, 0.15) is 22.6 Å². The number of aromatic amines is 1. The number of anilines is 2. The molecule has 0 amide bonds. The van der Waals surface area contributed by atoms with E-state index in [1.54, 1.807) is 0 Å². The molecule has 0 spiro atoms. The number of H-pyrrole nitrogens is 1. The fraction of sp³-hybridized carbons (Fsp3) is 0.167. The molecule has 6 rings (SSSR count). The molecule has 3 nitrogen and oxygen atoms in total. The topological polar surface area (TPSA) is 39.9 Å². The Kier molecular flexibility index (Phi) is 2.98. The third-order valence-corrected chi connectivity index (χ3v) is 6.46. The van der Waals surface area contributed by atoms with Gasteiger partial charge in [-0.3, -0.25) is 0 Å². The maximum atomic E-state index is 3.71. The predicted octanol–water partition coefficient (Wildman–Crippen LogP) is 5.09. The minimum atomic E-state index is -0.101. The van der Waals surface area contributed by atoms with E-state index in [-0.39, 0.29) is 5.41 Å². The molecule has 3 heterocycles. The molecule has 2 aliphatic heterocycles. The number of para-hydroxylation sites is 3. The van der Waals surface area contributed by atoms with Gasteiger partial charge in [0.25, 0.3) is 0 Å². The fourth-order valence-electron chi connectivity index (χ4n) is 5.26. The highest BCUT2D eigenvalue weighted by atomic mass is 15.0. The monoisotopic (exact) mass is 351 g/mol. The van der Waals surface area contributed by atoms with Gasteiger partial charge in [0.1, 0.15) is 0 Å². The molecule has 0 fully saturated rings. The number of fused-ring (bicyclic) bond motifs is 3. The minimum absolute atomic E-state index is 0.101. The molecule has 1 aromatic heterocycles. The first-order chi connectivity index (χ1) is 13.4. The van der Waals surface area contributed by atoms with E-state index < -0.39 is 0 Å². The predicted molar refractivity (Wildman–Crippen MR) is 112 cm³/mol. The zero-order valence-corrected chi connectivity index (χ0v) is 15.0. The van der Waals surface area contributed by atoms with Crippen LogP contribution in [0, 0.1) is 0 Å². The number of aromatic nitrogens is 1. The second-order valence-electron chi connectivity index (χ2n) is 7.64. The van der Waals surface area contributed by atoms with Gasteiger partial charge in [-0.2, -0.15) is 0 Å². The van der Waals surface area contributed by atoms with Crippen LogP contribution in [0.3, 0.4) is 0 Å². The van der Waals surface area contributed by atoms with E-state index in [0.717, 1.165) is 13.1 Å². The molecule has 2 aliphatic rings. The Morgan fingerprint density at radius 1 is 0.741 bits per heavy atom. The van der Waals surface area contributed by atoms with Gasteiger partial charge in [-0.05, 0) is 34.9 Å². The van der Waals surface area contributed by atoms with E-state index in [4.69, 9.17) is 0 Å². The van der Waals surface area contributed by atoms with Gasteiger partial charge in [0.2, 0.25) is 0 Å². The van der Waals surface area contributed by atoms with Crippen molar-refractivity contribution in [2.75, 3.05) is 23.7 Å². The molecule has 27 heavy (non-hydrogen) atoms. The van der Waals surface area contributed by atoms with Gasteiger partial charge < -0.3 is 15.6 Å². The highest BCUT2D eigenvalue weighted by molar-refractivity contribution is 5.87. The van der Waals surface area contributed by atoms with E-state index >= 15 is 0 Å². The maximum Gasteiger partial charge on any atom is 0.0502 e. The number of hydrogen-bond acceptors (Lipinski definition) is 2. The summed E-state index contributed by atoms with van der Waals surface area (Å²) >= 11 is 0. The Labute approximate surface area is 158 Å². The molecule has 0 bridgehead atoms. The van der Waals surface area contributed by atoms with Crippen LogP contribution in [0.4, 0.5) is 11.4 Å². The molecule has 0 aliphatic carbocycles. The van der Waals surface area contributed by atoms with Crippen molar-refractivity contribution in [3.8, 4) is 0 Å². The van der Waals surface area contributed by atoms with Gasteiger partial charge in [0.15, 0.2) is 0 Å². The summed E-state index contributed by atoms with van der Waals surface area (Å²) in [5, 5.41) is 8.68. The van der Waals surface area contributed by atoms with E-state index in [0.29, 0.717) is 5.92 Å². The van der Waals surface area contributed by atoms with Crippen molar-refractivity contribution in [3.63, 3.8) is 0 Å². The summed E-state index contributed by atoms with van der Waals surface area (Å²) in [5.41, 5.74) is 7.84. The van der Waals surface area contributed by atoms with Crippen molar-refractivity contribution in [3.05, 3.63) is 95.7 Å². The highest BCUT2D eigenvalue weighted by Crippen LogP contribution is 2.54. The SMILES string of the molecule is c1ccc2c(c1)NCC2C1(c2c[nH]c3ccccc23)CNc2ccccc21. The van der Waals surface area contributed by atoms with E-state index in [1.807, 2.05) is 0 Å². The highest BCUT2D eigenvalue weighted by Gasteiger charge is 2.50. The Hall–Kier alpha value is -3.20. The van der Waals surface area contributed by atoms with Crippen molar-refractivity contribution >= 4 is 22.3 Å². The smallest absolute Gasteiger partial charge is 0.0502 e. The van der Waals surface area contributed by atoms with Crippen LogP contribution >= 0.6 is 0 Å². The summed E-state index contributed by atoms with van der Waals surface area (Å²) in [7, 11) is 0. The quantitative estimate of drug-likeness (QED) is 0.471. The first-order valence-electron chi connectivity index (χ1n) is 9.61. The number of rotatable bonds is 2. The van der Waals surface area contributed by atoms with E-state index in [1.165, 1.54) is 39.0 Å². The zero-order chi connectivity index (χ0) is 17.8. The molecule has 4 aromatic rings. The lowest BCUT2D eigenvalue weighted by Crippen LogP contribution is -2.38. The molecular formula is C24H21N3. The Bertz CT molecular complexity index is 1160. The van der Waals surface area contributed by atoms with E-state index in [2.05, 4.69) is 94.6 Å². The van der Waals surface area contributed by atoms with Gasteiger partial charge >= 0.3 is 0 Å². The molecule has 3 N–H and O–H groups in total. The lowest BCUT2D eigenvalue weighted by Gasteiger charge is -2.36. The van der Waals surface area contributed by atoms with Crippen molar-refractivity contribution in [2.45, 2.75) is 11.3 Å². The average molecular weight is 351 g/mol. The first-order valence-corrected chi connectivity index (χ1v) is 9.61. The van der Waals surface area contributed by atoms with Gasteiger partial charge in [-0.25, -0.2) is 0 Å². The molecule has 0 saturated heterocycles. The summed E-state index contributed by atoms with van der Waals surface area (Å²) in [6.07, 6.45) is 2.23. The summed E-state index contributed by atoms with van der Waals surface area (Å²) in [6, 6.07) is 26.2. The van der Waals surface area contributed by atoms with Crippen LogP contribution in [0.2, 0.25) is 0 Å². The summed E-state index contributed by atoms with van der Waals surface area (Å²) in [6.45, 7) is 1.86. The first kappa shape index (κ1) is 14.9. The van der Waals surface area contributed by atoms with Crippen molar-refractivity contribution in [1.82, 2.24) is 4.98 Å². The van der Waals surface area contributed by atoms with E-state index in [9.17, 15) is 0 Å². The molecule has 0 saturated carbocycles. The summed E-state index contributed by atoms with van der Waals surface area (Å²) in [5.74, 6) is 0.379. The fourth-order valence-corrected chi connectivity index (χ4v) is 5.26. The second-order valence-corrected chi connectivity index (χ2v) is 7.64. The third kappa shape index (κ3) is 1.91. The van der Waals surface area contributed by atoms with Crippen LogP contribution in [0.5, 0.6) is 0 Å². The minimum Gasteiger partial charge on any atom is -0.384 e. The van der Waals surface area contributed by atoms with Crippen LogP contribution in [0.25, 0.3) is 10.9 Å². The molecule has 0 radical (unpaired) electrons.